The first-order valence-corrected chi connectivity index (χ1v) is 12.6. The lowest BCUT2D eigenvalue weighted by Gasteiger charge is -2.33. The average molecular weight is 489 g/mol. The number of hydrogen-bond donors (Lipinski definition) is 1. The van der Waals surface area contributed by atoms with Gasteiger partial charge in [-0.15, -0.1) is 11.3 Å². The van der Waals surface area contributed by atoms with E-state index in [4.69, 9.17) is 9.72 Å². The molecule has 1 N–H and O–H groups in total. The predicted octanol–water partition coefficient (Wildman–Crippen LogP) is 4.30. The van der Waals surface area contributed by atoms with Crippen molar-refractivity contribution in [1.82, 2.24) is 14.9 Å². The average Bonchev–Trinajstić information content (AvgIpc) is 3.37. The molecule has 1 fully saturated rings. The number of aromatic nitrogens is 2. The zero-order valence-electron chi connectivity index (χ0n) is 19.9. The van der Waals surface area contributed by atoms with Gasteiger partial charge in [0.25, 0.3) is 5.56 Å². The van der Waals surface area contributed by atoms with E-state index in [-0.39, 0.29) is 17.4 Å². The second kappa shape index (κ2) is 9.92. The third kappa shape index (κ3) is 4.79. The van der Waals surface area contributed by atoms with Crippen LogP contribution < -0.4 is 20.5 Å². The molecule has 1 amide bonds. The molecular weight excluding hydrogens is 460 g/mol. The Labute approximate surface area is 208 Å². The molecule has 5 rings (SSSR count). The topological polar surface area (TPSA) is 76.5 Å². The van der Waals surface area contributed by atoms with Crippen molar-refractivity contribution in [3.8, 4) is 11.4 Å². The van der Waals surface area contributed by atoms with Gasteiger partial charge in [-0.3, -0.25) is 9.59 Å². The van der Waals surface area contributed by atoms with Crippen LogP contribution in [0.4, 0.5) is 5.95 Å². The minimum Gasteiger partial charge on any atom is -0.497 e. The zero-order valence-corrected chi connectivity index (χ0v) is 20.7. The molecule has 8 heteroatoms. The van der Waals surface area contributed by atoms with Crippen molar-refractivity contribution in [2.75, 3.05) is 25.1 Å². The first-order chi connectivity index (χ1) is 17.0. The molecular formula is C27H28N4O3S. The largest absolute Gasteiger partial charge is 0.497 e. The quantitative estimate of drug-likeness (QED) is 0.438. The molecule has 2 aromatic heterocycles. The maximum absolute atomic E-state index is 13.5. The van der Waals surface area contributed by atoms with Crippen LogP contribution in [-0.2, 0) is 11.3 Å². The lowest BCUT2D eigenvalue weighted by Crippen LogP contribution is -2.42. The molecule has 0 atom stereocenters. The standard InChI is InChI=1S/C27H28N4O3S/c1-18-6-8-19(9-7-18)17-28-25(32)20-10-13-30(14-11-20)27-29-23-12-15-35-24(23)26(33)31(27)21-4-3-5-22(16-21)34-2/h3-9,12,15-16,20H,10-11,13-14,17H2,1-2H3,(H,28,32). The highest BCUT2D eigenvalue weighted by Crippen LogP contribution is 2.27. The van der Waals surface area contributed by atoms with Crippen LogP contribution in [-0.4, -0.2) is 35.7 Å². The lowest BCUT2D eigenvalue weighted by molar-refractivity contribution is -0.125. The fourth-order valence-electron chi connectivity index (χ4n) is 4.48. The molecule has 0 unspecified atom stereocenters. The number of rotatable bonds is 6. The van der Waals surface area contributed by atoms with Gasteiger partial charge in [0.15, 0.2) is 0 Å². The highest BCUT2D eigenvalue weighted by atomic mass is 32.1. The fourth-order valence-corrected chi connectivity index (χ4v) is 5.24. The van der Waals surface area contributed by atoms with E-state index in [9.17, 15) is 9.59 Å². The minimum atomic E-state index is -0.0915. The number of fused-ring (bicyclic) bond motifs is 1. The third-order valence-corrected chi connectivity index (χ3v) is 7.40. The third-order valence-electron chi connectivity index (χ3n) is 6.51. The summed E-state index contributed by atoms with van der Waals surface area (Å²) in [5, 5.41) is 4.97. The van der Waals surface area contributed by atoms with Crippen LogP contribution in [0.5, 0.6) is 5.75 Å². The number of carbonyl (C=O) groups is 1. The number of ether oxygens (including phenoxy) is 1. The Bertz CT molecular complexity index is 1400. The number of piperidine rings is 1. The summed E-state index contributed by atoms with van der Waals surface area (Å²) in [7, 11) is 1.61. The summed E-state index contributed by atoms with van der Waals surface area (Å²) in [4.78, 5) is 33.3. The summed E-state index contributed by atoms with van der Waals surface area (Å²) in [6, 6.07) is 17.5. The molecule has 7 nitrogen and oxygen atoms in total. The van der Waals surface area contributed by atoms with Gasteiger partial charge >= 0.3 is 0 Å². The van der Waals surface area contributed by atoms with Gasteiger partial charge in [-0.1, -0.05) is 35.9 Å². The number of anilines is 1. The molecule has 1 aliphatic heterocycles. The highest BCUT2D eigenvalue weighted by Gasteiger charge is 2.28. The zero-order chi connectivity index (χ0) is 24.4. The lowest BCUT2D eigenvalue weighted by atomic mass is 9.96. The van der Waals surface area contributed by atoms with Crippen molar-refractivity contribution in [1.29, 1.82) is 0 Å². The smallest absolute Gasteiger partial charge is 0.277 e. The van der Waals surface area contributed by atoms with E-state index in [1.165, 1.54) is 16.9 Å². The molecule has 35 heavy (non-hydrogen) atoms. The SMILES string of the molecule is COc1cccc(-n2c(N3CCC(C(=O)NCc4ccc(C)cc4)CC3)nc3ccsc3c2=O)c1. The molecule has 0 radical (unpaired) electrons. The molecule has 0 saturated carbocycles. The van der Waals surface area contributed by atoms with Crippen LogP contribution in [0.3, 0.4) is 0 Å². The molecule has 0 spiro atoms. The highest BCUT2D eigenvalue weighted by molar-refractivity contribution is 7.17. The van der Waals surface area contributed by atoms with Gasteiger partial charge in [0.05, 0.1) is 18.3 Å². The Morgan fingerprint density at radius 2 is 1.91 bits per heavy atom. The van der Waals surface area contributed by atoms with E-state index >= 15 is 0 Å². The number of aryl methyl sites for hydroxylation is 1. The number of nitrogens with one attached hydrogen (secondary N) is 1. The molecule has 2 aromatic carbocycles. The molecule has 4 aromatic rings. The van der Waals surface area contributed by atoms with Gasteiger partial charge in [-0.25, -0.2) is 9.55 Å². The first-order valence-electron chi connectivity index (χ1n) is 11.8. The van der Waals surface area contributed by atoms with Crippen molar-refractivity contribution in [2.24, 2.45) is 5.92 Å². The van der Waals surface area contributed by atoms with E-state index in [1.54, 1.807) is 11.7 Å². The number of carbonyl (C=O) groups excluding carboxylic acids is 1. The Balaban J connectivity index is 1.35. The summed E-state index contributed by atoms with van der Waals surface area (Å²) in [5.74, 6) is 1.30. The number of hydrogen-bond acceptors (Lipinski definition) is 6. The molecule has 0 bridgehead atoms. The Kier molecular flexibility index (Phi) is 6.55. The number of thiophene rings is 1. The van der Waals surface area contributed by atoms with Crippen molar-refractivity contribution >= 4 is 33.4 Å². The van der Waals surface area contributed by atoms with Crippen LogP contribution in [0.1, 0.15) is 24.0 Å². The summed E-state index contributed by atoms with van der Waals surface area (Å²) in [6.45, 7) is 3.88. The molecule has 1 saturated heterocycles. The maximum Gasteiger partial charge on any atom is 0.277 e. The van der Waals surface area contributed by atoms with Gasteiger partial charge in [-0.05, 0) is 48.9 Å². The second-order valence-corrected chi connectivity index (χ2v) is 9.77. The van der Waals surface area contributed by atoms with Crippen LogP contribution in [0.15, 0.2) is 64.8 Å². The summed E-state index contributed by atoms with van der Waals surface area (Å²) < 4.78 is 7.68. The summed E-state index contributed by atoms with van der Waals surface area (Å²) >= 11 is 1.40. The number of benzene rings is 2. The normalized spacial score (nSPS) is 14.3. The molecule has 1 aliphatic rings. The van der Waals surface area contributed by atoms with Crippen LogP contribution in [0.2, 0.25) is 0 Å². The Hall–Kier alpha value is -3.65. The van der Waals surface area contributed by atoms with Crippen LogP contribution in [0, 0.1) is 12.8 Å². The van der Waals surface area contributed by atoms with Crippen molar-refractivity contribution in [3.63, 3.8) is 0 Å². The van der Waals surface area contributed by atoms with E-state index in [1.807, 2.05) is 47.8 Å². The van der Waals surface area contributed by atoms with Gasteiger partial charge in [0.1, 0.15) is 10.4 Å². The van der Waals surface area contributed by atoms with Gasteiger partial charge in [0.2, 0.25) is 11.9 Å². The number of methoxy groups -OCH3 is 1. The Morgan fingerprint density at radius 3 is 2.66 bits per heavy atom. The maximum atomic E-state index is 13.5. The Morgan fingerprint density at radius 1 is 1.14 bits per heavy atom. The van der Waals surface area contributed by atoms with Gasteiger partial charge < -0.3 is 15.0 Å². The van der Waals surface area contributed by atoms with Gasteiger partial charge in [0, 0.05) is 31.6 Å². The molecule has 0 aliphatic carbocycles. The minimum absolute atomic E-state index is 0.0569. The van der Waals surface area contributed by atoms with Crippen molar-refractivity contribution in [2.45, 2.75) is 26.3 Å². The first kappa shape index (κ1) is 23.1. The van der Waals surface area contributed by atoms with Gasteiger partial charge in [-0.2, -0.15) is 0 Å². The predicted molar refractivity (Wildman–Crippen MR) is 140 cm³/mol. The summed E-state index contributed by atoms with van der Waals surface area (Å²) in [6.07, 6.45) is 1.41. The van der Waals surface area contributed by atoms with Crippen LogP contribution in [0.25, 0.3) is 15.9 Å². The van der Waals surface area contributed by atoms with Crippen molar-refractivity contribution in [3.05, 3.63) is 81.5 Å². The summed E-state index contributed by atoms with van der Waals surface area (Å²) in [5.41, 5.74) is 3.62. The number of amides is 1. The monoisotopic (exact) mass is 488 g/mol. The van der Waals surface area contributed by atoms with E-state index < -0.39 is 0 Å². The molecule has 3 heterocycles. The fraction of sp³-hybridized carbons (Fsp3) is 0.296. The van der Waals surface area contributed by atoms with E-state index in [0.29, 0.717) is 60.1 Å². The van der Waals surface area contributed by atoms with E-state index in [2.05, 4.69) is 29.3 Å². The molecule has 180 valence electrons. The number of nitrogens with zero attached hydrogens (tertiary/aromatic N) is 3. The van der Waals surface area contributed by atoms with Crippen molar-refractivity contribution < 1.29 is 9.53 Å². The van der Waals surface area contributed by atoms with Crippen LogP contribution >= 0.6 is 11.3 Å². The van der Waals surface area contributed by atoms with E-state index in [0.717, 1.165) is 5.56 Å². The second-order valence-electron chi connectivity index (χ2n) is 8.85.